The van der Waals surface area contributed by atoms with Crippen molar-refractivity contribution in [2.75, 3.05) is 26.3 Å². The zero-order valence-corrected chi connectivity index (χ0v) is 10.7. The van der Waals surface area contributed by atoms with Gasteiger partial charge in [0, 0.05) is 18.5 Å². The lowest BCUT2D eigenvalue weighted by Gasteiger charge is -2.38. The van der Waals surface area contributed by atoms with Crippen molar-refractivity contribution in [1.29, 1.82) is 0 Å². The molecule has 0 atom stereocenters. The van der Waals surface area contributed by atoms with Gasteiger partial charge in [-0.2, -0.15) is 0 Å². The Balaban J connectivity index is 1.74. The van der Waals surface area contributed by atoms with Crippen LogP contribution in [0.15, 0.2) is 24.3 Å². The maximum absolute atomic E-state index is 12.4. The summed E-state index contributed by atoms with van der Waals surface area (Å²) in [5.74, 6) is -0.475. The van der Waals surface area contributed by atoms with E-state index in [0.717, 1.165) is 12.8 Å². The molecule has 1 aromatic rings. The molecule has 2 aliphatic heterocycles. The molecular formula is C14H17NO4. The Morgan fingerprint density at radius 2 is 1.89 bits per heavy atom. The van der Waals surface area contributed by atoms with Crippen LogP contribution in [0.4, 0.5) is 0 Å². The number of benzene rings is 1. The van der Waals surface area contributed by atoms with Crippen LogP contribution in [0.2, 0.25) is 0 Å². The van der Waals surface area contributed by atoms with Crippen molar-refractivity contribution in [2.45, 2.75) is 18.6 Å². The van der Waals surface area contributed by atoms with Crippen LogP contribution in [-0.2, 0) is 9.47 Å². The van der Waals surface area contributed by atoms with Crippen LogP contribution in [0, 0.1) is 0 Å². The highest BCUT2D eigenvalue weighted by Crippen LogP contribution is 2.30. The zero-order chi connectivity index (χ0) is 13.3. The average Bonchev–Trinajstić information content (AvgIpc) is 2.87. The summed E-state index contributed by atoms with van der Waals surface area (Å²) in [7, 11) is 0. The summed E-state index contributed by atoms with van der Waals surface area (Å²) in [4.78, 5) is 14.1. The number of carbonyl (C=O) groups is 1. The summed E-state index contributed by atoms with van der Waals surface area (Å²) in [6.45, 7) is 2.39. The molecular weight excluding hydrogens is 246 g/mol. The molecule has 0 bridgehead atoms. The standard InChI is InChI=1S/C14H17NO4/c16-12-4-2-11(3-5-12)13(17)15-7-1-6-14(10-15)18-8-9-19-14/h2-5,16H,1,6-10H2. The Morgan fingerprint density at radius 3 is 2.58 bits per heavy atom. The average molecular weight is 263 g/mol. The molecule has 0 radical (unpaired) electrons. The molecule has 5 heteroatoms. The van der Waals surface area contributed by atoms with Crippen molar-refractivity contribution in [2.24, 2.45) is 0 Å². The fraction of sp³-hybridized carbons (Fsp3) is 0.500. The Labute approximate surface area is 111 Å². The number of carbonyl (C=O) groups excluding carboxylic acids is 1. The van der Waals surface area contributed by atoms with Crippen LogP contribution in [-0.4, -0.2) is 48.0 Å². The van der Waals surface area contributed by atoms with Gasteiger partial charge in [0.2, 0.25) is 0 Å². The highest BCUT2D eigenvalue weighted by atomic mass is 16.7. The van der Waals surface area contributed by atoms with Crippen LogP contribution >= 0.6 is 0 Å². The lowest BCUT2D eigenvalue weighted by atomic mass is 10.0. The molecule has 0 aromatic heterocycles. The normalized spacial score (nSPS) is 21.8. The summed E-state index contributed by atoms with van der Waals surface area (Å²) >= 11 is 0. The van der Waals surface area contributed by atoms with E-state index >= 15 is 0 Å². The molecule has 2 aliphatic rings. The van der Waals surface area contributed by atoms with E-state index in [2.05, 4.69) is 0 Å². The third kappa shape index (κ3) is 2.43. The molecule has 0 saturated carbocycles. The first kappa shape index (κ1) is 12.4. The second kappa shape index (κ2) is 4.83. The molecule has 2 saturated heterocycles. The zero-order valence-electron chi connectivity index (χ0n) is 10.7. The number of likely N-dealkylation sites (tertiary alicyclic amines) is 1. The molecule has 3 rings (SSSR count). The number of phenols is 1. The van der Waals surface area contributed by atoms with Gasteiger partial charge in [0.05, 0.1) is 19.8 Å². The van der Waals surface area contributed by atoms with Crippen molar-refractivity contribution >= 4 is 5.91 Å². The molecule has 102 valence electrons. The van der Waals surface area contributed by atoms with Gasteiger partial charge in [-0.15, -0.1) is 0 Å². The van der Waals surface area contributed by atoms with E-state index in [9.17, 15) is 9.90 Å². The number of aromatic hydroxyl groups is 1. The SMILES string of the molecule is O=C(c1ccc(O)cc1)N1CCCC2(C1)OCCO2. The molecule has 1 N–H and O–H groups in total. The van der Waals surface area contributed by atoms with Gasteiger partial charge in [0.15, 0.2) is 5.79 Å². The van der Waals surface area contributed by atoms with Gasteiger partial charge in [-0.3, -0.25) is 4.79 Å². The number of piperidine rings is 1. The van der Waals surface area contributed by atoms with Gasteiger partial charge in [0.1, 0.15) is 5.75 Å². The number of hydrogen-bond donors (Lipinski definition) is 1. The van der Waals surface area contributed by atoms with E-state index in [0.29, 0.717) is 31.9 Å². The van der Waals surface area contributed by atoms with E-state index in [4.69, 9.17) is 9.47 Å². The van der Waals surface area contributed by atoms with E-state index in [1.165, 1.54) is 12.1 Å². The van der Waals surface area contributed by atoms with E-state index in [1.54, 1.807) is 17.0 Å². The van der Waals surface area contributed by atoms with Gasteiger partial charge in [-0.1, -0.05) is 0 Å². The molecule has 1 spiro atoms. The van der Waals surface area contributed by atoms with Gasteiger partial charge < -0.3 is 19.5 Å². The molecule has 1 amide bonds. The highest BCUT2D eigenvalue weighted by molar-refractivity contribution is 5.94. The fourth-order valence-electron chi connectivity index (χ4n) is 2.68. The maximum Gasteiger partial charge on any atom is 0.254 e. The van der Waals surface area contributed by atoms with Crippen molar-refractivity contribution in [3.05, 3.63) is 29.8 Å². The first-order chi connectivity index (χ1) is 9.19. The lowest BCUT2D eigenvalue weighted by molar-refractivity contribution is -0.183. The van der Waals surface area contributed by atoms with Crippen molar-refractivity contribution in [3.8, 4) is 5.75 Å². The number of phenolic OH excluding ortho intramolecular Hbond substituents is 1. The summed E-state index contributed by atoms with van der Waals surface area (Å²) in [6.07, 6.45) is 1.72. The maximum atomic E-state index is 12.4. The van der Waals surface area contributed by atoms with Crippen molar-refractivity contribution < 1.29 is 19.4 Å². The summed E-state index contributed by atoms with van der Waals surface area (Å²) < 4.78 is 11.3. The topological polar surface area (TPSA) is 59.0 Å². The number of rotatable bonds is 1. The van der Waals surface area contributed by atoms with Crippen LogP contribution in [0.3, 0.4) is 0 Å². The molecule has 0 aliphatic carbocycles. The monoisotopic (exact) mass is 263 g/mol. The van der Waals surface area contributed by atoms with Crippen LogP contribution in [0.25, 0.3) is 0 Å². The Hall–Kier alpha value is -1.59. The summed E-state index contributed by atoms with van der Waals surface area (Å²) in [6, 6.07) is 6.32. The first-order valence-corrected chi connectivity index (χ1v) is 6.55. The smallest absolute Gasteiger partial charge is 0.254 e. The van der Waals surface area contributed by atoms with Crippen molar-refractivity contribution in [3.63, 3.8) is 0 Å². The van der Waals surface area contributed by atoms with Crippen LogP contribution in [0.1, 0.15) is 23.2 Å². The largest absolute Gasteiger partial charge is 0.508 e. The van der Waals surface area contributed by atoms with Gasteiger partial charge in [-0.05, 0) is 30.7 Å². The van der Waals surface area contributed by atoms with Gasteiger partial charge >= 0.3 is 0 Å². The fourth-order valence-corrected chi connectivity index (χ4v) is 2.68. The predicted molar refractivity (Wildman–Crippen MR) is 67.9 cm³/mol. The minimum Gasteiger partial charge on any atom is -0.508 e. The Kier molecular flexibility index (Phi) is 3.16. The van der Waals surface area contributed by atoms with Gasteiger partial charge in [-0.25, -0.2) is 0 Å². The third-order valence-corrected chi connectivity index (χ3v) is 3.63. The lowest BCUT2D eigenvalue weighted by Crippen LogP contribution is -2.51. The minimum absolute atomic E-state index is 0.0434. The minimum atomic E-state index is -0.592. The second-order valence-electron chi connectivity index (χ2n) is 4.98. The number of ether oxygens (including phenoxy) is 2. The Morgan fingerprint density at radius 1 is 1.21 bits per heavy atom. The third-order valence-electron chi connectivity index (χ3n) is 3.63. The van der Waals surface area contributed by atoms with Gasteiger partial charge in [0.25, 0.3) is 5.91 Å². The first-order valence-electron chi connectivity index (χ1n) is 6.55. The van der Waals surface area contributed by atoms with Crippen LogP contribution in [0.5, 0.6) is 5.75 Å². The number of amides is 1. The summed E-state index contributed by atoms with van der Waals surface area (Å²) in [5, 5.41) is 9.25. The molecule has 0 unspecified atom stereocenters. The molecule has 5 nitrogen and oxygen atoms in total. The van der Waals surface area contributed by atoms with Crippen molar-refractivity contribution in [1.82, 2.24) is 4.90 Å². The second-order valence-corrected chi connectivity index (χ2v) is 4.98. The predicted octanol–water partition coefficient (Wildman–Crippen LogP) is 1.37. The molecule has 2 heterocycles. The molecule has 2 fully saturated rings. The van der Waals surface area contributed by atoms with Crippen LogP contribution < -0.4 is 0 Å². The van der Waals surface area contributed by atoms with E-state index < -0.39 is 5.79 Å². The number of nitrogens with zero attached hydrogens (tertiary/aromatic N) is 1. The number of hydrogen-bond acceptors (Lipinski definition) is 4. The quantitative estimate of drug-likeness (QED) is 0.831. The highest BCUT2D eigenvalue weighted by Gasteiger charge is 2.42. The molecule has 1 aromatic carbocycles. The molecule has 19 heavy (non-hydrogen) atoms. The van der Waals surface area contributed by atoms with E-state index in [1.807, 2.05) is 0 Å². The van der Waals surface area contributed by atoms with E-state index in [-0.39, 0.29) is 11.7 Å². The Bertz CT molecular complexity index is 465. The summed E-state index contributed by atoms with van der Waals surface area (Å²) in [5.41, 5.74) is 0.577.